The van der Waals surface area contributed by atoms with Crippen LogP contribution in [0.4, 0.5) is 0 Å². The van der Waals surface area contributed by atoms with Gasteiger partial charge in [0.25, 0.3) is 0 Å². The lowest BCUT2D eigenvalue weighted by Gasteiger charge is -2.17. The van der Waals surface area contributed by atoms with Gasteiger partial charge in [-0.05, 0) is 6.42 Å². The first-order valence-corrected chi connectivity index (χ1v) is 13.2. The maximum atomic E-state index is 11.6. The average Bonchev–Trinajstić information content (AvgIpc) is 2.62. The van der Waals surface area contributed by atoms with Gasteiger partial charge in [0.1, 0.15) is 0 Å². The van der Waals surface area contributed by atoms with Crippen LogP contribution in [0.3, 0.4) is 0 Å². The fourth-order valence-electron chi connectivity index (χ4n) is 1.38. The first-order valence-electron chi connectivity index (χ1n) is 8.04. The molecule has 0 amide bonds. The summed E-state index contributed by atoms with van der Waals surface area (Å²) in [7, 11) is -13.3. The number of phosphoric acid groups is 3. The van der Waals surface area contributed by atoms with Gasteiger partial charge in [-0.15, -0.1) is 0 Å². The summed E-state index contributed by atoms with van der Waals surface area (Å²) in [5.41, 5.74) is 0. The fourth-order valence-corrected chi connectivity index (χ4v) is 3.78. The minimum absolute atomic E-state index is 0.128. The van der Waals surface area contributed by atoms with Crippen molar-refractivity contribution in [1.29, 1.82) is 0 Å². The van der Waals surface area contributed by atoms with Crippen LogP contribution in [-0.2, 0) is 40.8 Å². The van der Waals surface area contributed by atoms with Crippen LogP contribution in [0.15, 0.2) is 0 Å². The molecule has 17 heteroatoms. The molecule has 0 aromatic rings. The van der Waals surface area contributed by atoms with Crippen LogP contribution in [0.1, 0.15) is 13.3 Å². The number of hydrogen-bond acceptors (Lipinski definition) is 11. The molecular formula is C11H27O13P3S. The lowest BCUT2D eigenvalue weighted by atomic mass is 10.1. The molecule has 13 nitrogen and oxygen atoms in total. The Hall–Kier alpha value is 0.640. The van der Waals surface area contributed by atoms with Crippen molar-refractivity contribution in [3.8, 4) is 0 Å². The van der Waals surface area contributed by atoms with E-state index in [0.29, 0.717) is 6.42 Å². The molecule has 0 rings (SSSR count). The van der Waals surface area contributed by atoms with Crippen LogP contribution in [0.25, 0.3) is 0 Å². The molecule has 170 valence electrons. The lowest BCUT2D eigenvalue weighted by molar-refractivity contribution is 0.0796. The first-order chi connectivity index (χ1) is 13.0. The third-order valence-electron chi connectivity index (χ3n) is 2.84. The summed E-state index contributed by atoms with van der Waals surface area (Å²) in [6.45, 7) is -1.02. The number of aliphatic hydroxyl groups excluding tert-OH is 1. The van der Waals surface area contributed by atoms with Gasteiger partial charge in [-0.25, -0.2) is 13.7 Å². The van der Waals surface area contributed by atoms with Crippen LogP contribution in [0, 0.1) is 5.92 Å². The van der Waals surface area contributed by atoms with Gasteiger partial charge in [0.05, 0.1) is 39.6 Å². The summed E-state index contributed by atoms with van der Waals surface area (Å²) in [4.78, 5) is 28.0. The van der Waals surface area contributed by atoms with Crippen molar-refractivity contribution >= 4 is 36.1 Å². The number of hydrogen-bond donors (Lipinski definition) is 5. The molecular weight excluding hydrogens is 465 g/mol. The van der Waals surface area contributed by atoms with Crippen molar-refractivity contribution in [2.45, 2.75) is 13.3 Å². The van der Waals surface area contributed by atoms with Gasteiger partial charge in [0.15, 0.2) is 0 Å². The summed E-state index contributed by atoms with van der Waals surface area (Å²) >= 11 is 3.78. The van der Waals surface area contributed by atoms with Gasteiger partial charge in [-0.3, -0.25) is 27.1 Å². The second kappa shape index (κ2) is 14.6. The SMILES string of the molecule is CCC(CO)COP(=O)(O)OCCOP(=O)(O)OCCOP(=O)(O)OCCS. The molecule has 0 aromatic carbocycles. The topological polar surface area (TPSA) is 188 Å². The average molecular weight is 492 g/mol. The Labute approximate surface area is 168 Å². The highest BCUT2D eigenvalue weighted by Crippen LogP contribution is 2.46. The van der Waals surface area contributed by atoms with E-state index >= 15 is 0 Å². The van der Waals surface area contributed by atoms with E-state index in [9.17, 15) is 28.4 Å². The van der Waals surface area contributed by atoms with Crippen LogP contribution >= 0.6 is 36.1 Å². The number of rotatable bonds is 18. The zero-order chi connectivity index (χ0) is 21.7. The Balaban J connectivity index is 4.02. The van der Waals surface area contributed by atoms with E-state index in [4.69, 9.17) is 5.11 Å². The van der Waals surface area contributed by atoms with Crippen molar-refractivity contribution in [2.75, 3.05) is 52.0 Å². The molecule has 0 saturated carbocycles. The molecule has 4 N–H and O–H groups in total. The molecule has 0 aliphatic heterocycles. The van der Waals surface area contributed by atoms with Crippen molar-refractivity contribution in [1.82, 2.24) is 0 Å². The summed E-state index contributed by atoms with van der Waals surface area (Å²) in [5, 5.41) is 8.96. The standard InChI is InChI=1S/C11H27O13P3S/c1-2-11(9-12)10-24-27(17,18)22-6-5-20-25(13,14)19-3-4-21-26(15,16)23-7-8-28/h11-12,28H,2-10H2,1H3,(H,13,14)(H,15,16)(H,17,18). The summed E-state index contributed by atoms with van der Waals surface area (Å²) < 4.78 is 61.6. The molecule has 4 atom stereocenters. The van der Waals surface area contributed by atoms with Crippen LogP contribution in [0.5, 0.6) is 0 Å². The Morgan fingerprint density at radius 1 is 0.750 bits per heavy atom. The summed E-state index contributed by atoms with van der Waals surface area (Å²) in [6.07, 6.45) is 0.529. The zero-order valence-electron chi connectivity index (χ0n) is 15.2. The third kappa shape index (κ3) is 15.5. The Morgan fingerprint density at radius 2 is 1.11 bits per heavy atom. The molecule has 28 heavy (non-hydrogen) atoms. The summed E-state index contributed by atoms with van der Waals surface area (Å²) in [5.74, 6) is -0.135. The Morgan fingerprint density at radius 3 is 1.43 bits per heavy atom. The predicted molar refractivity (Wildman–Crippen MR) is 99.9 cm³/mol. The van der Waals surface area contributed by atoms with Crippen LogP contribution in [-0.4, -0.2) is 71.8 Å². The van der Waals surface area contributed by atoms with Gasteiger partial charge in [-0.1, -0.05) is 6.92 Å². The van der Waals surface area contributed by atoms with Gasteiger partial charge in [-0.2, -0.15) is 12.6 Å². The molecule has 0 aliphatic carbocycles. The van der Waals surface area contributed by atoms with E-state index in [0.717, 1.165) is 0 Å². The molecule has 0 heterocycles. The fraction of sp³-hybridized carbons (Fsp3) is 1.00. The largest absolute Gasteiger partial charge is 0.472 e. The molecule has 0 spiro atoms. The van der Waals surface area contributed by atoms with E-state index in [1.807, 2.05) is 0 Å². The Kier molecular flexibility index (Phi) is 14.9. The number of thiol groups is 1. The lowest BCUT2D eigenvalue weighted by Crippen LogP contribution is -2.13. The molecule has 0 aliphatic rings. The Bertz CT molecular complexity index is 558. The molecule has 0 aromatic heterocycles. The minimum Gasteiger partial charge on any atom is -0.396 e. The zero-order valence-corrected chi connectivity index (χ0v) is 18.8. The highest BCUT2D eigenvalue weighted by atomic mass is 32.1. The smallest absolute Gasteiger partial charge is 0.396 e. The predicted octanol–water partition coefficient (Wildman–Crippen LogP) is 1.34. The van der Waals surface area contributed by atoms with Crippen molar-refractivity contribution < 1.29 is 60.6 Å². The molecule has 0 fully saturated rings. The number of aliphatic hydroxyl groups is 1. The normalized spacial score (nSPS) is 19.5. The first kappa shape index (κ1) is 28.6. The van der Waals surface area contributed by atoms with Crippen molar-refractivity contribution in [3.05, 3.63) is 0 Å². The monoisotopic (exact) mass is 492 g/mol. The van der Waals surface area contributed by atoms with Crippen molar-refractivity contribution in [3.63, 3.8) is 0 Å². The van der Waals surface area contributed by atoms with Crippen molar-refractivity contribution in [2.24, 2.45) is 5.92 Å². The molecule has 0 saturated heterocycles. The van der Waals surface area contributed by atoms with Gasteiger partial charge >= 0.3 is 23.5 Å². The summed E-state index contributed by atoms with van der Waals surface area (Å²) in [6, 6.07) is 0. The molecule has 0 radical (unpaired) electrons. The van der Waals surface area contributed by atoms with Gasteiger partial charge < -0.3 is 19.8 Å². The maximum Gasteiger partial charge on any atom is 0.472 e. The third-order valence-corrected chi connectivity index (χ3v) is 6.04. The second-order valence-electron chi connectivity index (χ2n) is 5.05. The van der Waals surface area contributed by atoms with E-state index in [2.05, 4.69) is 39.8 Å². The van der Waals surface area contributed by atoms with E-state index in [-0.39, 0.29) is 31.5 Å². The van der Waals surface area contributed by atoms with Gasteiger partial charge in [0, 0.05) is 18.3 Å². The van der Waals surface area contributed by atoms with Crippen LogP contribution < -0.4 is 0 Å². The van der Waals surface area contributed by atoms with E-state index in [1.54, 1.807) is 6.92 Å². The van der Waals surface area contributed by atoms with Gasteiger partial charge in [0.2, 0.25) is 0 Å². The highest BCUT2D eigenvalue weighted by Gasteiger charge is 2.26. The van der Waals surface area contributed by atoms with E-state index < -0.39 is 49.9 Å². The van der Waals surface area contributed by atoms with E-state index in [1.165, 1.54) is 0 Å². The minimum atomic E-state index is -4.55. The quantitative estimate of drug-likeness (QED) is 0.105. The number of phosphoric ester groups is 3. The highest BCUT2D eigenvalue weighted by molar-refractivity contribution is 7.80. The maximum absolute atomic E-state index is 11.6. The second-order valence-corrected chi connectivity index (χ2v) is 9.86. The molecule has 0 bridgehead atoms. The van der Waals surface area contributed by atoms with Crippen LogP contribution in [0.2, 0.25) is 0 Å². The molecule has 4 unspecified atom stereocenters.